The third-order valence-corrected chi connectivity index (χ3v) is 5.52. The van der Waals surface area contributed by atoms with E-state index in [9.17, 15) is 9.00 Å². The van der Waals surface area contributed by atoms with Crippen LogP contribution in [-0.4, -0.2) is 25.2 Å². The van der Waals surface area contributed by atoms with Crippen molar-refractivity contribution in [3.63, 3.8) is 0 Å². The number of aromatic amines is 1. The largest absolute Gasteiger partial charge is 0.293 e. The van der Waals surface area contributed by atoms with Gasteiger partial charge in [0.25, 0.3) is 5.56 Å². The molecule has 0 bridgehead atoms. The minimum absolute atomic E-state index is 0.295. The van der Waals surface area contributed by atoms with Crippen LogP contribution in [0.5, 0.6) is 0 Å². The first-order valence-electron chi connectivity index (χ1n) is 7.76. The summed E-state index contributed by atoms with van der Waals surface area (Å²) in [5.74, 6) is 0.318. The second kappa shape index (κ2) is 6.90. The standard InChI is InChI=1S/C18H14N6O2S/c1-12-17(14-5-3-13(9-19)4-6-14)18(25)24(23-12)16-8-7-15(10-21-16)27(2,26)22-11-20/h3-8,10,23H,1-2H3. The number of H-pyrrole nitrogens is 1. The van der Waals surface area contributed by atoms with Crippen molar-refractivity contribution in [2.75, 3.05) is 6.26 Å². The van der Waals surface area contributed by atoms with Crippen molar-refractivity contribution in [3.05, 3.63) is 64.2 Å². The second-order valence-corrected chi connectivity index (χ2v) is 8.05. The quantitative estimate of drug-likeness (QED) is 0.700. The normalized spacial score (nSPS) is 12.6. The molecule has 0 radical (unpaired) electrons. The van der Waals surface area contributed by atoms with Crippen molar-refractivity contribution in [2.24, 2.45) is 4.36 Å². The van der Waals surface area contributed by atoms with Crippen molar-refractivity contribution in [3.8, 4) is 29.2 Å². The van der Waals surface area contributed by atoms with Gasteiger partial charge in [-0.25, -0.2) is 13.9 Å². The first kappa shape index (κ1) is 18.1. The van der Waals surface area contributed by atoms with Crippen LogP contribution < -0.4 is 5.56 Å². The van der Waals surface area contributed by atoms with Crippen LogP contribution in [0.1, 0.15) is 11.3 Å². The number of aromatic nitrogens is 3. The number of benzene rings is 1. The zero-order valence-electron chi connectivity index (χ0n) is 14.5. The third kappa shape index (κ3) is 3.36. The van der Waals surface area contributed by atoms with Crippen LogP contribution in [0.2, 0.25) is 0 Å². The molecule has 27 heavy (non-hydrogen) atoms. The second-order valence-electron chi connectivity index (χ2n) is 5.79. The molecule has 0 amide bonds. The molecule has 2 heterocycles. The number of aryl methyl sites for hydroxylation is 1. The molecule has 134 valence electrons. The molecule has 3 rings (SSSR count). The van der Waals surface area contributed by atoms with Gasteiger partial charge in [-0.1, -0.05) is 12.1 Å². The van der Waals surface area contributed by atoms with Crippen LogP contribution in [0.15, 0.2) is 56.6 Å². The first-order chi connectivity index (χ1) is 12.9. The van der Waals surface area contributed by atoms with Gasteiger partial charge in [-0.15, -0.1) is 4.36 Å². The fourth-order valence-electron chi connectivity index (χ4n) is 2.62. The van der Waals surface area contributed by atoms with Gasteiger partial charge in [0.2, 0.25) is 6.19 Å². The van der Waals surface area contributed by atoms with Crippen LogP contribution >= 0.6 is 0 Å². The lowest BCUT2D eigenvalue weighted by atomic mass is 10.1. The number of hydrogen-bond acceptors (Lipinski definition) is 6. The minimum Gasteiger partial charge on any atom is -0.293 e. The van der Waals surface area contributed by atoms with Gasteiger partial charge in [0, 0.05) is 18.1 Å². The Morgan fingerprint density at radius 2 is 1.89 bits per heavy atom. The molecule has 1 unspecified atom stereocenters. The Morgan fingerprint density at radius 1 is 1.19 bits per heavy atom. The maximum Gasteiger partial charge on any atom is 0.280 e. The molecule has 0 aliphatic rings. The Bertz CT molecular complexity index is 1260. The van der Waals surface area contributed by atoms with Crippen LogP contribution in [-0.2, 0) is 9.73 Å². The molecular formula is C18H14N6O2S. The highest BCUT2D eigenvalue weighted by atomic mass is 32.2. The van der Waals surface area contributed by atoms with Gasteiger partial charge in [-0.05, 0) is 36.8 Å². The number of nitriles is 2. The Kier molecular flexibility index (Phi) is 4.63. The lowest BCUT2D eigenvalue weighted by molar-refractivity contribution is 0.680. The summed E-state index contributed by atoms with van der Waals surface area (Å²) >= 11 is 0. The van der Waals surface area contributed by atoms with Crippen molar-refractivity contribution in [1.82, 2.24) is 14.8 Å². The van der Waals surface area contributed by atoms with Gasteiger partial charge in [-0.2, -0.15) is 10.5 Å². The van der Waals surface area contributed by atoms with E-state index in [-0.39, 0.29) is 5.56 Å². The fourth-order valence-corrected chi connectivity index (χ4v) is 3.45. The molecule has 1 N–H and O–H groups in total. The maximum absolute atomic E-state index is 12.8. The molecule has 2 aromatic heterocycles. The predicted octanol–water partition coefficient (Wildman–Crippen LogP) is 2.35. The van der Waals surface area contributed by atoms with Crippen LogP contribution in [0.3, 0.4) is 0 Å². The molecule has 1 aromatic carbocycles. The topological polar surface area (TPSA) is 128 Å². The van der Waals surface area contributed by atoms with Crippen LogP contribution in [0.25, 0.3) is 16.9 Å². The van der Waals surface area contributed by atoms with Crippen molar-refractivity contribution in [2.45, 2.75) is 11.8 Å². The van der Waals surface area contributed by atoms with E-state index in [1.165, 1.54) is 35.5 Å². The van der Waals surface area contributed by atoms with E-state index < -0.39 is 9.73 Å². The van der Waals surface area contributed by atoms with Gasteiger partial charge < -0.3 is 0 Å². The molecule has 0 aliphatic carbocycles. The summed E-state index contributed by atoms with van der Waals surface area (Å²) in [7, 11) is -2.84. The molecule has 9 heteroatoms. The van der Waals surface area contributed by atoms with E-state index in [0.717, 1.165) is 0 Å². The van der Waals surface area contributed by atoms with Crippen molar-refractivity contribution in [1.29, 1.82) is 10.5 Å². The van der Waals surface area contributed by atoms with E-state index >= 15 is 0 Å². The molecule has 1 atom stereocenters. The Labute approximate surface area is 155 Å². The maximum atomic E-state index is 12.8. The van der Waals surface area contributed by atoms with Crippen LogP contribution in [0, 0.1) is 29.7 Å². The third-order valence-electron chi connectivity index (χ3n) is 3.98. The number of hydrogen-bond donors (Lipinski definition) is 1. The van der Waals surface area contributed by atoms with Crippen molar-refractivity contribution < 1.29 is 4.21 Å². The summed E-state index contributed by atoms with van der Waals surface area (Å²) in [4.78, 5) is 17.3. The zero-order valence-corrected chi connectivity index (χ0v) is 15.3. The van der Waals surface area contributed by atoms with Crippen LogP contribution in [0.4, 0.5) is 0 Å². The summed E-state index contributed by atoms with van der Waals surface area (Å²) in [6, 6.07) is 11.8. The minimum atomic E-state index is -2.84. The van der Waals surface area contributed by atoms with Gasteiger partial charge in [0.15, 0.2) is 5.82 Å². The predicted molar refractivity (Wildman–Crippen MR) is 99.4 cm³/mol. The molecule has 0 spiro atoms. The summed E-state index contributed by atoms with van der Waals surface area (Å²) in [6.07, 6.45) is 4.22. The van der Waals surface area contributed by atoms with E-state index in [4.69, 9.17) is 10.5 Å². The molecule has 0 fully saturated rings. The number of pyridine rings is 1. The Morgan fingerprint density at radius 3 is 2.44 bits per heavy atom. The van der Waals surface area contributed by atoms with E-state index in [1.54, 1.807) is 31.2 Å². The first-order valence-corrected chi connectivity index (χ1v) is 9.68. The summed E-state index contributed by atoms with van der Waals surface area (Å²) in [5.41, 5.74) is 2.03. The summed E-state index contributed by atoms with van der Waals surface area (Å²) in [5, 5.41) is 20.5. The highest BCUT2D eigenvalue weighted by molar-refractivity contribution is 7.93. The van der Waals surface area contributed by atoms with Crippen molar-refractivity contribution >= 4 is 9.73 Å². The molecule has 0 aliphatic heterocycles. The van der Waals surface area contributed by atoms with E-state index in [2.05, 4.69) is 14.4 Å². The van der Waals surface area contributed by atoms with Gasteiger partial charge in [-0.3, -0.25) is 9.89 Å². The Hall–Kier alpha value is -3.69. The average molecular weight is 378 g/mol. The molecule has 0 saturated carbocycles. The number of nitrogens with zero attached hydrogens (tertiary/aromatic N) is 5. The summed E-state index contributed by atoms with van der Waals surface area (Å²) in [6.45, 7) is 1.77. The lowest BCUT2D eigenvalue weighted by Gasteiger charge is -2.04. The van der Waals surface area contributed by atoms with Gasteiger partial charge in [0.05, 0.1) is 31.8 Å². The lowest BCUT2D eigenvalue weighted by Crippen LogP contribution is -2.17. The smallest absolute Gasteiger partial charge is 0.280 e. The highest BCUT2D eigenvalue weighted by Gasteiger charge is 2.16. The van der Waals surface area contributed by atoms with Gasteiger partial charge >= 0.3 is 0 Å². The van der Waals surface area contributed by atoms with Gasteiger partial charge in [0.1, 0.15) is 0 Å². The molecule has 0 saturated heterocycles. The number of nitrogens with one attached hydrogen (secondary N) is 1. The zero-order chi connectivity index (χ0) is 19.6. The SMILES string of the molecule is Cc1[nH]n(-c2ccc(S(C)(=O)=NC#N)cn2)c(=O)c1-c1ccc(C#N)cc1. The highest BCUT2D eigenvalue weighted by Crippen LogP contribution is 2.20. The summed E-state index contributed by atoms with van der Waals surface area (Å²) < 4.78 is 17.0. The number of rotatable bonds is 3. The molecule has 8 nitrogen and oxygen atoms in total. The van der Waals surface area contributed by atoms with E-state index in [1.807, 2.05) is 6.07 Å². The fraction of sp³-hybridized carbons (Fsp3) is 0.111. The average Bonchev–Trinajstić information content (AvgIpc) is 2.96. The molecular weight excluding hydrogens is 364 g/mol. The monoisotopic (exact) mass is 378 g/mol. The Balaban J connectivity index is 2.06. The molecule has 3 aromatic rings. The van der Waals surface area contributed by atoms with E-state index in [0.29, 0.717) is 33.1 Å².